The number of carbonyl (C=O) groups is 1. The average molecular weight is 317 g/mol. The lowest BCUT2D eigenvalue weighted by Gasteiger charge is -2.29. The summed E-state index contributed by atoms with van der Waals surface area (Å²) in [6.45, 7) is 2.00. The third-order valence-corrected chi connectivity index (χ3v) is 4.02. The van der Waals surface area contributed by atoms with Crippen molar-refractivity contribution < 1.29 is 4.79 Å². The Hall–Kier alpha value is -1.81. The van der Waals surface area contributed by atoms with Crippen LogP contribution in [0.5, 0.6) is 0 Å². The van der Waals surface area contributed by atoms with Crippen molar-refractivity contribution in [2.24, 2.45) is 0 Å². The normalized spacial score (nSPS) is 17.4. The molecule has 0 aliphatic carbocycles. The molecule has 1 amide bonds. The summed E-state index contributed by atoms with van der Waals surface area (Å²) in [6.07, 6.45) is -0.211. The van der Waals surface area contributed by atoms with Crippen LogP contribution in [0.25, 0.3) is 0 Å². The van der Waals surface area contributed by atoms with Crippen LogP contribution < -0.4 is 10.6 Å². The summed E-state index contributed by atoms with van der Waals surface area (Å²) >= 11 is 3.52. The van der Waals surface area contributed by atoms with E-state index in [9.17, 15) is 4.79 Å². The number of carbonyl (C=O) groups excluding carboxylic acids is 1. The molecule has 3 rings (SSSR count). The monoisotopic (exact) mass is 316 g/mol. The van der Waals surface area contributed by atoms with Gasteiger partial charge in [0.25, 0.3) is 5.91 Å². The highest BCUT2D eigenvalue weighted by atomic mass is 79.9. The molecule has 19 heavy (non-hydrogen) atoms. The maximum absolute atomic E-state index is 12.2. The summed E-state index contributed by atoms with van der Waals surface area (Å²) in [5.41, 5.74) is 3.70. The molecule has 0 saturated heterocycles. The Morgan fingerprint density at radius 1 is 1.05 bits per heavy atom. The summed E-state index contributed by atoms with van der Waals surface area (Å²) < 4.78 is 0.977. The van der Waals surface area contributed by atoms with Crippen LogP contribution in [0.2, 0.25) is 0 Å². The summed E-state index contributed by atoms with van der Waals surface area (Å²) in [5, 5.41) is 6.37. The van der Waals surface area contributed by atoms with E-state index in [4.69, 9.17) is 0 Å². The first-order chi connectivity index (χ1) is 9.16. The fourth-order valence-electron chi connectivity index (χ4n) is 2.30. The van der Waals surface area contributed by atoms with Gasteiger partial charge in [0.1, 0.15) is 6.17 Å². The Morgan fingerprint density at radius 3 is 2.63 bits per heavy atom. The van der Waals surface area contributed by atoms with Crippen LogP contribution >= 0.6 is 15.9 Å². The van der Waals surface area contributed by atoms with Crippen molar-refractivity contribution in [2.75, 3.05) is 5.32 Å². The van der Waals surface area contributed by atoms with Crippen molar-refractivity contribution in [3.05, 3.63) is 63.6 Å². The number of fused-ring (bicyclic) bond motifs is 1. The maximum atomic E-state index is 12.2. The van der Waals surface area contributed by atoms with Gasteiger partial charge in [-0.15, -0.1) is 0 Å². The van der Waals surface area contributed by atoms with Gasteiger partial charge in [-0.3, -0.25) is 4.79 Å². The minimum Gasteiger partial charge on any atom is -0.361 e. The Labute approximate surface area is 120 Å². The van der Waals surface area contributed by atoms with Crippen molar-refractivity contribution in [1.82, 2.24) is 5.32 Å². The first kappa shape index (κ1) is 12.2. The smallest absolute Gasteiger partial charge is 0.255 e. The van der Waals surface area contributed by atoms with Crippen LogP contribution in [0.15, 0.2) is 46.9 Å². The largest absolute Gasteiger partial charge is 0.361 e. The molecule has 1 aliphatic rings. The Morgan fingerprint density at radius 2 is 1.84 bits per heavy atom. The van der Waals surface area contributed by atoms with Crippen LogP contribution in [0.4, 0.5) is 5.69 Å². The van der Waals surface area contributed by atoms with Crippen LogP contribution in [-0.4, -0.2) is 5.91 Å². The molecule has 0 saturated carbocycles. The summed E-state index contributed by atoms with van der Waals surface area (Å²) in [7, 11) is 0. The SMILES string of the molecule is Cc1cccc2c1N[C@@H](c1ccccc1Br)NC2=O. The lowest BCUT2D eigenvalue weighted by molar-refractivity contribution is 0.0935. The molecule has 2 N–H and O–H groups in total. The molecule has 0 fully saturated rings. The summed E-state index contributed by atoms with van der Waals surface area (Å²) in [4.78, 5) is 12.2. The van der Waals surface area contributed by atoms with E-state index in [0.29, 0.717) is 5.56 Å². The second kappa shape index (κ2) is 4.70. The number of para-hydroxylation sites is 1. The Bertz CT molecular complexity index is 654. The van der Waals surface area contributed by atoms with Gasteiger partial charge in [-0.1, -0.05) is 46.3 Å². The zero-order chi connectivity index (χ0) is 13.4. The zero-order valence-electron chi connectivity index (χ0n) is 10.4. The molecular formula is C15H13BrN2O. The number of nitrogens with one attached hydrogen (secondary N) is 2. The van der Waals surface area contributed by atoms with E-state index in [1.807, 2.05) is 49.4 Å². The zero-order valence-corrected chi connectivity index (χ0v) is 12.0. The van der Waals surface area contributed by atoms with Crippen molar-refractivity contribution in [2.45, 2.75) is 13.1 Å². The first-order valence-electron chi connectivity index (χ1n) is 6.08. The second-order valence-corrected chi connectivity index (χ2v) is 5.42. The number of benzene rings is 2. The molecule has 0 radical (unpaired) electrons. The van der Waals surface area contributed by atoms with Gasteiger partial charge in [0.05, 0.1) is 11.3 Å². The minimum absolute atomic E-state index is 0.0433. The highest BCUT2D eigenvalue weighted by Gasteiger charge is 2.26. The fraction of sp³-hybridized carbons (Fsp3) is 0.133. The molecule has 2 aromatic rings. The summed E-state index contributed by atoms with van der Waals surface area (Å²) in [5.74, 6) is -0.0433. The number of aryl methyl sites for hydroxylation is 1. The van der Waals surface area contributed by atoms with Gasteiger partial charge in [-0.2, -0.15) is 0 Å². The molecule has 2 aromatic carbocycles. The molecule has 4 heteroatoms. The van der Waals surface area contributed by atoms with Crippen LogP contribution in [0.1, 0.15) is 27.7 Å². The number of amides is 1. The van der Waals surface area contributed by atoms with Gasteiger partial charge in [0, 0.05) is 10.0 Å². The standard InChI is InChI=1S/C15H13BrN2O/c1-9-5-4-7-11-13(9)17-14(18-15(11)19)10-6-2-3-8-12(10)16/h2-8,14,17H,1H3,(H,18,19)/t14-/m1/s1. The Balaban J connectivity index is 2.04. The van der Waals surface area contributed by atoms with Gasteiger partial charge in [0.2, 0.25) is 0 Å². The highest BCUT2D eigenvalue weighted by Crippen LogP contribution is 2.31. The van der Waals surface area contributed by atoms with Crippen molar-refractivity contribution in [3.63, 3.8) is 0 Å². The van der Waals surface area contributed by atoms with E-state index >= 15 is 0 Å². The van der Waals surface area contributed by atoms with Crippen molar-refractivity contribution in [1.29, 1.82) is 0 Å². The quantitative estimate of drug-likeness (QED) is 0.843. The van der Waals surface area contributed by atoms with E-state index in [0.717, 1.165) is 21.3 Å². The molecular weight excluding hydrogens is 304 g/mol. The molecule has 1 atom stereocenters. The average Bonchev–Trinajstić information content (AvgIpc) is 2.40. The van der Waals surface area contributed by atoms with Gasteiger partial charge in [-0.25, -0.2) is 0 Å². The Kier molecular flexibility index (Phi) is 3.03. The van der Waals surface area contributed by atoms with E-state index < -0.39 is 0 Å². The lowest BCUT2D eigenvalue weighted by Crippen LogP contribution is -2.38. The predicted octanol–water partition coefficient (Wildman–Crippen LogP) is 3.61. The highest BCUT2D eigenvalue weighted by molar-refractivity contribution is 9.10. The van der Waals surface area contributed by atoms with Crippen LogP contribution in [0, 0.1) is 6.92 Å². The number of anilines is 1. The van der Waals surface area contributed by atoms with Gasteiger partial charge in [0.15, 0.2) is 0 Å². The van der Waals surface area contributed by atoms with E-state index in [2.05, 4.69) is 26.6 Å². The molecule has 96 valence electrons. The molecule has 0 bridgehead atoms. The molecule has 0 spiro atoms. The molecule has 0 aromatic heterocycles. The number of rotatable bonds is 1. The van der Waals surface area contributed by atoms with Gasteiger partial charge in [-0.05, 0) is 24.6 Å². The number of halogens is 1. The third-order valence-electron chi connectivity index (χ3n) is 3.30. The second-order valence-electron chi connectivity index (χ2n) is 4.57. The van der Waals surface area contributed by atoms with E-state index in [1.54, 1.807) is 0 Å². The molecule has 1 aliphatic heterocycles. The molecule has 3 nitrogen and oxygen atoms in total. The molecule has 0 unspecified atom stereocenters. The van der Waals surface area contributed by atoms with Crippen molar-refractivity contribution in [3.8, 4) is 0 Å². The number of hydrogen-bond acceptors (Lipinski definition) is 2. The molecule has 1 heterocycles. The minimum atomic E-state index is -0.211. The van der Waals surface area contributed by atoms with Gasteiger partial charge >= 0.3 is 0 Å². The number of hydrogen-bond donors (Lipinski definition) is 2. The predicted molar refractivity (Wildman–Crippen MR) is 79.2 cm³/mol. The third kappa shape index (κ3) is 2.12. The van der Waals surface area contributed by atoms with Crippen molar-refractivity contribution >= 4 is 27.5 Å². The van der Waals surface area contributed by atoms with Crippen LogP contribution in [0.3, 0.4) is 0 Å². The fourth-order valence-corrected chi connectivity index (χ4v) is 2.82. The van der Waals surface area contributed by atoms with E-state index in [-0.39, 0.29) is 12.1 Å². The van der Waals surface area contributed by atoms with Gasteiger partial charge < -0.3 is 10.6 Å². The topological polar surface area (TPSA) is 41.1 Å². The van der Waals surface area contributed by atoms with Crippen LogP contribution in [-0.2, 0) is 0 Å². The van der Waals surface area contributed by atoms with E-state index in [1.165, 1.54) is 0 Å². The summed E-state index contributed by atoms with van der Waals surface area (Å²) in [6, 6.07) is 13.6. The maximum Gasteiger partial charge on any atom is 0.255 e. The lowest BCUT2D eigenvalue weighted by atomic mass is 10.0. The first-order valence-corrected chi connectivity index (χ1v) is 6.87.